The fourth-order valence-electron chi connectivity index (χ4n) is 1.22. The summed E-state index contributed by atoms with van der Waals surface area (Å²) in [6.07, 6.45) is 4.01. The molecule has 0 aromatic heterocycles. The minimum Gasteiger partial charge on any atom is -0.311 e. The van der Waals surface area contributed by atoms with E-state index in [2.05, 4.69) is 19.2 Å². The quantitative estimate of drug-likeness (QED) is 0.626. The van der Waals surface area contributed by atoms with Crippen LogP contribution in [-0.2, 0) is 0 Å². The van der Waals surface area contributed by atoms with E-state index in [-0.39, 0.29) is 0 Å². The van der Waals surface area contributed by atoms with Crippen molar-refractivity contribution in [1.29, 1.82) is 0 Å². The Kier molecular flexibility index (Phi) is 5.70. The molecule has 2 atom stereocenters. The third-order valence-electron chi connectivity index (χ3n) is 2.03. The molecule has 0 saturated carbocycles. The normalized spacial score (nSPS) is 30.0. The van der Waals surface area contributed by atoms with E-state index in [0.717, 1.165) is 12.1 Å². The largest absolute Gasteiger partial charge is 0.311 e. The van der Waals surface area contributed by atoms with E-state index in [9.17, 15) is 0 Å². The van der Waals surface area contributed by atoms with Crippen LogP contribution in [0.3, 0.4) is 0 Å². The van der Waals surface area contributed by atoms with Gasteiger partial charge in [0.05, 0.1) is 0 Å². The van der Waals surface area contributed by atoms with Gasteiger partial charge >= 0.3 is 0 Å². The van der Waals surface area contributed by atoms with Gasteiger partial charge in [-0.05, 0) is 19.3 Å². The SMILES string of the molecule is CC.CCC1CC(CC)N1. The Morgan fingerprint density at radius 1 is 1.10 bits per heavy atom. The van der Waals surface area contributed by atoms with Gasteiger partial charge in [0.15, 0.2) is 0 Å². The summed E-state index contributed by atoms with van der Waals surface area (Å²) in [6.45, 7) is 8.48. The third-order valence-corrected chi connectivity index (χ3v) is 2.03. The van der Waals surface area contributed by atoms with Crippen molar-refractivity contribution in [2.75, 3.05) is 0 Å². The number of hydrogen-bond donors (Lipinski definition) is 1. The zero-order chi connectivity index (χ0) is 7.98. The molecule has 2 unspecified atom stereocenters. The first-order valence-electron chi connectivity index (χ1n) is 4.62. The van der Waals surface area contributed by atoms with Gasteiger partial charge in [-0.15, -0.1) is 0 Å². The van der Waals surface area contributed by atoms with E-state index in [1.165, 1.54) is 19.3 Å². The first-order valence-corrected chi connectivity index (χ1v) is 4.62. The first kappa shape index (κ1) is 9.96. The molecule has 0 bridgehead atoms. The lowest BCUT2D eigenvalue weighted by atomic mass is 9.93. The predicted octanol–water partition coefficient (Wildman–Crippen LogP) is 2.56. The molecule has 0 radical (unpaired) electrons. The summed E-state index contributed by atoms with van der Waals surface area (Å²) >= 11 is 0. The number of rotatable bonds is 2. The molecule has 1 heterocycles. The first-order chi connectivity index (χ1) is 4.86. The highest BCUT2D eigenvalue weighted by molar-refractivity contribution is 4.85. The Morgan fingerprint density at radius 2 is 1.40 bits per heavy atom. The average molecular weight is 143 g/mol. The van der Waals surface area contributed by atoms with Crippen molar-refractivity contribution in [1.82, 2.24) is 5.32 Å². The van der Waals surface area contributed by atoms with Gasteiger partial charge in [0.1, 0.15) is 0 Å². The van der Waals surface area contributed by atoms with E-state index < -0.39 is 0 Å². The van der Waals surface area contributed by atoms with Gasteiger partial charge in [-0.2, -0.15) is 0 Å². The van der Waals surface area contributed by atoms with Crippen LogP contribution in [0, 0.1) is 0 Å². The van der Waals surface area contributed by atoms with E-state index in [0.29, 0.717) is 0 Å². The lowest BCUT2D eigenvalue weighted by Gasteiger charge is -2.36. The van der Waals surface area contributed by atoms with Gasteiger partial charge in [0.2, 0.25) is 0 Å². The molecule has 1 heteroatoms. The predicted molar refractivity (Wildman–Crippen MR) is 47.3 cm³/mol. The monoisotopic (exact) mass is 143 g/mol. The summed E-state index contributed by atoms with van der Waals surface area (Å²) < 4.78 is 0. The highest BCUT2D eigenvalue weighted by atomic mass is 15.0. The van der Waals surface area contributed by atoms with Crippen LogP contribution >= 0.6 is 0 Å². The van der Waals surface area contributed by atoms with Gasteiger partial charge in [-0.25, -0.2) is 0 Å². The van der Waals surface area contributed by atoms with Crippen LogP contribution in [0.2, 0.25) is 0 Å². The van der Waals surface area contributed by atoms with Crippen molar-refractivity contribution in [3.63, 3.8) is 0 Å². The second-order valence-corrected chi connectivity index (χ2v) is 2.61. The van der Waals surface area contributed by atoms with Crippen molar-refractivity contribution < 1.29 is 0 Å². The van der Waals surface area contributed by atoms with Gasteiger partial charge in [-0.1, -0.05) is 27.7 Å². The maximum atomic E-state index is 3.48. The van der Waals surface area contributed by atoms with Crippen LogP contribution in [-0.4, -0.2) is 12.1 Å². The standard InChI is InChI=1S/C7H15N.C2H6/c1-3-6-5-7(4-2)8-6;1-2/h6-8H,3-5H2,1-2H3;1-2H3. The van der Waals surface area contributed by atoms with Crippen molar-refractivity contribution in [3.05, 3.63) is 0 Å². The van der Waals surface area contributed by atoms with E-state index in [4.69, 9.17) is 0 Å². The highest BCUT2D eigenvalue weighted by Crippen LogP contribution is 2.16. The number of hydrogen-bond acceptors (Lipinski definition) is 1. The van der Waals surface area contributed by atoms with Crippen LogP contribution in [0.15, 0.2) is 0 Å². The van der Waals surface area contributed by atoms with Crippen molar-refractivity contribution in [2.24, 2.45) is 0 Å². The number of nitrogens with one attached hydrogen (secondary N) is 1. The van der Waals surface area contributed by atoms with Crippen LogP contribution in [0.4, 0.5) is 0 Å². The summed E-state index contributed by atoms with van der Waals surface area (Å²) in [5, 5.41) is 3.48. The van der Waals surface area contributed by atoms with Crippen LogP contribution < -0.4 is 5.32 Å². The highest BCUT2D eigenvalue weighted by Gasteiger charge is 2.23. The molecular formula is C9H21N. The molecule has 1 N–H and O–H groups in total. The molecule has 0 aromatic carbocycles. The van der Waals surface area contributed by atoms with Crippen molar-refractivity contribution in [3.8, 4) is 0 Å². The fourth-order valence-corrected chi connectivity index (χ4v) is 1.22. The maximum Gasteiger partial charge on any atom is 0.00818 e. The van der Waals surface area contributed by atoms with Crippen molar-refractivity contribution in [2.45, 2.75) is 59.0 Å². The average Bonchev–Trinajstić information content (AvgIpc) is 1.91. The Balaban J connectivity index is 0.000000371. The molecule has 0 amide bonds. The smallest absolute Gasteiger partial charge is 0.00818 e. The minimum atomic E-state index is 0.847. The molecule has 0 spiro atoms. The van der Waals surface area contributed by atoms with Crippen LogP contribution in [0.25, 0.3) is 0 Å². The summed E-state index contributed by atoms with van der Waals surface area (Å²) in [5.74, 6) is 0. The summed E-state index contributed by atoms with van der Waals surface area (Å²) in [4.78, 5) is 0. The molecule has 1 rings (SSSR count). The van der Waals surface area contributed by atoms with Crippen LogP contribution in [0.5, 0.6) is 0 Å². The van der Waals surface area contributed by atoms with E-state index >= 15 is 0 Å². The lowest BCUT2D eigenvalue weighted by Crippen LogP contribution is -2.51. The molecule has 62 valence electrons. The third kappa shape index (κ3) is 2.70. The van der Waals surface area contributed by atoms with Gasteiger partial charge in [0.25, 0.3) is 0 Å². The zero-order valence-corrected chi connectivity index (χ0v) is 7.78. The Labute approximate surface area is 65.2 Å². The second-order valence-electron chi connectivity index (χ2n) is 2.61. The second kappa shape index (κ2) is 5.72. The van der Waals surface area contributed by atoms with Gasteiger partial charge < -0.3 is 5.32 Å². The van der Waals surface area contributed by atoms with Crippen molar-refractivity contribution >= 4 is 0 Å². The Morgan fingerprint density at radius 3 is 1.60 bits per heavy atom. The zero-order valence-electron chi connectivity index (χ0n) is 7.78. The van der Waals surface area contributed by atoms with Crippen LogP contribution in [0.1, 0.15) is 47.0 Å². The Hall–Kier alpha value is -0.0400. The molecular weight excluding hydrogens is 122 g/mol. The summed E-state index contributed by atoms with van der Waals surface area (Å²) in [6, 6.07) is 1.69. The molecule has 1 aliphatic heterocycles. The topological polar surface area (TPSA) is 12.0 Å². The van der Waals surface area contributed by atoms with E-state index in [1.807, 2.05) is 13.8 Å². The molecule has 1 aliphatic rings. The minimum absolute atomic E-state index is 0.847. The summed E-state index contributed by atoms with van der Waals surface area (Å²) in [5.41, 5.74) is 0. The summed E-state index contributed by atoms with van der Waals surface area (Å²) in [7, 11) is 0. The van der Waals surface area contributed by atoms with Gasteiger partial charge in [-0.3, -0.25) is 0 Å². The molecule has 1 fully saturated rings. The fraction of sp³-hybridized carbons (Fsp3) is 1.00. The molecule has 0 aromatic rings. The molecule has 10 heavy (non-hydrogen) atoms. The lowest BCUT2D eigenvalue weighted by molar-refractivity contribution is 0.252. The Bertz CT molecular complexity index is 57.1. The van der Waals surface area contributed by atoms with Gasteiger partial charge in [0, 0.05) is 12.1 Å². The molecule has 1 nitrogen and oxygen atoms in total. The molecule has 1 saturated heterocycles. The van der Waals surface area contributed by atoms with E-state index in [1.54, 1.807) is 0 Å². The molecule has 0 aliphatic carbocycles. The maximum absolute atomic E-state index is 3.48.